The topological polar surface area (TPSA) is 57.5 Å². The van der Waals surface area contributed by atoms with Crippen molar-refractivity contribution in [2.75, 3.05) is 6.61 Å². The maximum absolute atomic E-state index is 11.9. The monoisotopic (exact) mass is 332 g/mol. The summed E-state index contributed by atoms with van der Waals surface area (Å²) in [5, 5.41) is 21.4. The van der Waals surface area contributed by atoms with Crippen molar-refractivity contribution < 1.29 is 15.0 Å². The summed E-state index contributed by atoms with van der Waals surface area (Å²) in [5.74, 6) is 1.78. The molecular formula is C21H32O3. The van der Waals surface area contributed by atoms with Crippen LogP contribution in [0.2, 0.25) is 0 Å². The number of hydrogen-bond acceptors (Lipinski definition) is 3. The molecule has 0 radical (unpaired) electrons. The van der Waals surface area contributed by atoms with Gasteiger partial charge in [-0.3, -0.25) is 4.79 Å². The number of fused-ring (bicyclic) bond motifs is 5. The highest BCUT2D eigenvalue weighted by molar-refractivity contribution is 5.91. The lowest BCUT2D eigenvalue weighted by Crippen LogP contribution is -2.63. The van der Waals surface area contributed by atoms with Gasteiger partial charge in [0.1, 0.15) is 0 Å². The minimum absolute atomic E-state index is 0.208. The third-order valence-corrected chi connectivity index (χ3v) is 8.82. The van der Waals surface area contributed by atoms with Crippen LogP contribution in [0.4, 0.5) is 0 Å². The molecule has 3 heteroatoms. The summed E-state index contributed by atoms with van der Waals surface area (Å²) >= 11 is 0. The molecule has 2 N–H and O–H groups in total. The molecule has 3 nitrogen and oxygen atoms in total. The minimum atomic E-state index is -0.643. The van der Waals surface area contributed by atoms with Gasteiger partial charge in [-0.15, -0.1) is 0 Å². The van der Waals surface area contributed by atoms with Crippen LogP contribution >= 0.6 is 0 Å². The molecule has 4 rings (SSSR count). The van der Waals surface area contributed by atoms with Crippen molar-refractivity contribution in [3.63, 3.8) is 0 Å². The molecule has 0 bridgehead atoms. The molecule has 2 unspecified atom stereocenters. The smallest absolute Gasteiger partial charge is 0.155 e. The van der Waals surface area contributed by atoms with E-state index in [2.05, 4.69) is 13.8 Å². The zero-order valence-corrected chi connectivity index (χ0v) is 15.2. The van der Waals surface area contributed by atoms with Crippen molar-refractivity contribution in [2.24, 2.45) is 28.6 Å². The first-order chi connectivity index (χ1) is 11.3. The van der Waals surface area contributed by atoms with E-state index in [9.17, 15) is 15.0 Å². The number of carbonyl (C=O) groups excluding carboxylic acids is 1. The molecule has 0 aromatic carbocycles. The summed E-state index contributed by atoms with van der Waals surface area (Å²) in [6.45, 7) is 4.93. The molecule has 134 valence electrons. The Morgan fingerprint density at radius 1 is 1.08 bits per heavy atom. The van der Waals surface area contributed by atoms with E-state index in [0.717, 1.165) is 38.5 Å². The van der Waals surface area contributed by atoms with Gasteiger partial charge in [0, 0.05) is 18.4 Å². The zero-order valence-electron chi connectivity index (χ0n) is 15.2. The van der Waals surface area contributed by atoms with Crippen LogP contribution in [-0.4, -0.2) is 28.2 Å². The molecule has 0 spiro atoms. The molecule has 0 aromatic heterocycles. The van der Waals surface area contributed by atoms with Crippen LogP contribution in [0.15, 0.2) is 11.6 Å². The zero-order chi connectivity index (χ0) is 17.2. The fraction of sp³-hybridized carbons (Fsp3) is 0.857. The van der Waals surface area contributed by atoms with E-state index in [1.807, 2.05) is 6.08 Å². The lowest BCUT2D eigenvalue weighted by Gasteiger charge is -2.63. The van der Waals surface area contributed by atoms with Gasteiger partial charge in [-0.1, -0.05) is 19.4 Å². The van der Waals surface area contributed by atoms with Crippen molar-refractivity contribution in [1.29, 1.82) is 0 Å². The lowest BCUT2D eigenvalue weighted by atomic mass is 9.44. The van der Waals surface area contributed by atoms with Gasteiger partial charge in [0.15, 0.2) is 5.78 Å². The Morgan fingerprint density at radius 3 is 2.62 bits per heavy atom. The Balaban J connectivity index is 1.70. The molecule has 3 fully saturated rings. The second-order valence-corrected chi connectivity index (χ2v) is 9.44. The quantitative estimate of drug-likeness (QED) is 0.812. The summed E-state index contributed by atoms with van der Waals surface area (Å²) in [5.41, 5.74) is 0.642. The van der Waals surface area contributed by atoms with Crippen LogP contribution in [0.1, 0.15) is 71.6 Å². The van der Waals surface area contributed by atoms with Crippen LogP contribution in [0.3, 0.4) is 0 Å². The Kier molecular flexibility index (Phi) is 3.78. The van der Waals surface area contributed by atoms with Gasteiger partial charge >= 0.3 is 0 Å². The van der Waals surface area contributed by atoms with E-state index in [1.165, 1.54) is 18.4 Å². The average Bonchev–Trinajstić information content (AvgIpc) is 2.87. The van der Waals surface area contributed by atoms with E-state index >= 15 is 0 Å². The van der Waals surface area contributed by atoms with Crippen molar-refractivity contribution in [2.45, 2.75) is 77.2 Å². The number of aliphatic hydroxyl groups excluding tert-OH is 1. The highest BCUT2D eigenvalue weighted by Gasteiger charge is 2.65. The number of hydrogen-bond donors (Lipinski definition) is 2. The van der Waals surface area contributed by atoms with E-state index in [4.69, 9.17) is 0 Å². The summed E-state index contributed by atoms with van der Waals surface area (Å²) in [6, 6.07) is 0. The normalized spacial score (nSPS) is 50.8. The van der Waals surface area contributed by atoms with Crippen molar-refractivity contribution in [1.82, 2.24) is 0 Å². The average molecular weight is 332 g/mol. The Hall–Kier alpha value is -0.670. The summed E-state index contributed by atoms with van der Waals surface area (Å²) in [4.78, 5) is 11.9. The van der Waals surface area contributed by atoms with Crippen LogP contribution in [0, 0.1) is 28.6 Å². The SMILES string of the molecule is C[C@]12CC[C@@]3(O)C(CCC4=CC(=O)CC[C@@]43C)C1CC[C@@H]2CCO. The molecule has 0 aliphatic heterocycles. The van der Waals surface area contributed by atoms with E-state index in [-0.39, 0.29) is 23.2 Å². The first kappa shape index (κ1) is 16.8. The van der Waals surface area contributed by atoms with Crippen molar-refractivity contribution in [3.05, 3.63) is 11.6 Å². The van der Waals surface area contributed by atoms with Crippen molar-refractivity contribution in [3.8, 4) is 0 Å². The van der Waals surface area contributed by atoms with Crippen LogP contribution in [0.5, 0.6) is 0 Å². The number of carbonyl (C=O) groups is 1. The number of ketones is 1. The molecule has 0 amide bonds. The summed E-state index contributed by atoms with van der Waals surface area (Å²) in [7, 11) is 0. The number of rotatable bonds is 2. The molecule has 0 aromatic rings. The maximum Gasteiger partial charge on any atom is 0.155 e. The Bertz CT molecular complexity index is 582. The minimum Gasteiger partial charge on any atom is -0.396 e. The highest BCUT2D eigenvalue weighted by Crippen LogP contribution is 2.68. The van der Waals surface area contributed by atoms with Crippen LogP contribution < -0.4 is 0 Å². The standard InChI is InChI=1S/C21H32O3/c1-19-10-11-21(24)18(17(19)5-3-14(19)8-12-22)6-4-15-13-16(23)7-9-20(15,21)2/h13-14,17-18,22,24H,3-12H2,1-2H3/t14-,17?,18?,19-,20+,21-/m1/s1. The third-order valence-electron chi connectivity index (χ3n) is 8.82. The summed E-state index contributed by atoms with van der Waals surface area (Å²) < 4.78 is 0. The lowest BCUT2D eigenvalue weighted by molar-refractivity contribution is -0.192. The fourth-order valence-corrected chi connectivity index (χ4v) is 7.24. The molecule has 24 heavy (non-hydrogen) atoms. The second-order valence-electron chi connectivity index (χ2n) is 9.44. The maximum atomic E-state index is 11.9. The van der Waals surface area contributed by atoms with Gasteiger partial charge in [0.05, 0.1) is 5.60 Å². The van der Waals surface area contributed by atoms with E-state index in [1.54, 1.807) is 0 Å². The second kappa shape index (κ2) is 5.41. The summed E-state index contributed by atoms with van der Waals surface area (Å²) in [6.07, 6.45) is 10.5. The van der Waals surface area contributed by atoms with E-state index < -0.39 is 5.60 Å². The largest absolute Gasteiger partial charge is 0.396 e. The molecule has 6 atom stereocenters. The first-order valence-electron chi connectivity index (χ1n) is 9.92. The van der Waals surface area contributed by atoms with Gasteiger partial charge in [-0.25, -0.2) is 0 Å². The fourth-order valence-electron chi connectivity index (χ4n) is 7.24. The van der Waals surface area contributed by atoms with Crippen LogP contribution in [-0.2, 0) is 4.79 Å². The molecule has 0 heterocycles. The van der Waals surface area contributed by atoms with Crippen LogP contribution in [0.25, 0.3) is 0 Å². The number of aliphatic hydroxyl groups is 2. The molecule has 0 saturated heterocycles. The predicted octanol–water partition coefficient (Wildman–Crippen LogP) is 3.63. The van der Waals surface area contributed by atoms with Gasteiger partial charge in [0.25, 0.3) is 0 Å². The van der Waals surface area contributed by atoms with Gasteiger partial charge in [-0.2, -0.15) is 0 Å². The molecule has 4 aliphatic carbocycles. The predicted molar refractivity (Wildman–Crippen MR) is 93.4 cm³/mol. The third kappa shape index (κ3) is 2.00. The first-order valence-corrected chi connectivity index (χ1v) is 9.92. The van der Waals surface area contributed by atoms with E-state index in [0.29, 0.717) is 24.2 Å². The van der Waals surface area contributed by atoms with Gasteiger partial charge in [0.2, 0.25) is 0 Å². The molecular weight excluding hydrogens is 300 g/mol. The molecule has 3 saturated carbocycles. The highest BCUT2D eigenvalue weighted by atomic mass is 16.3. The van der Waals surface area contributed by atoms with Crippen molar-refractivity contribution >= 4 is 5.78 Å². The Morgan fingerprint density at radius 2 is 1.88 bits per heavy atom. The van der Waals surface area contributed by atoms with Gasteiger partial charge < -0.3 is 10.2 Å². The molecule has 4 aliphatic rings. The van der Waals surface area contributed by atoms with Gasteiger partial charge in [-0.05, 0) is 80.6 Å². The Labute approximate surface area is 145 Å².